The van der Waals surface area contributed by atoms with E-state index in [2.05, 4.69) is 31.0 Å². The molecule has 0 saturated carbocycles. The molecule has 0 aromatic heterocycles. The minimum atomic E-state index is 0.489. The molecule has 1 aliphatic rings. The van der Waals surface area contributed by atoms with Gasteiger partial charge < -0.3 is 10.1 Å². The number of rotatable bonds is 9. The van der Waals surface area contributed by atoms with Crippen LogP contribution in [0.25, 0.3) is 0 Å². The molecule has 0 bridgehead atoms. The van der Waals surface area contributed by atoms with E-state index in [1.807, 2.05) is 0 Å². The maximum Gasteiger partial charge on any atom is 0.0702 e. The standard InChI is InChI=1S/C14H30N2O/c1-4-13(5-2)15-9-10-16(6-3)12-14-8-7-11-17-14/h13-15H,4-12H2,1-3H3. The fourth-order valence-electron chi connectivity index (χ4n) is 2.46. The summed E-state index contributed by atoms with van der Waals surface area (Å²) in [5, 5.41) is 3.63. The monoisotopic (exact) mass is 242 g/mol. The van der Waals surface area contributed by atoms with Crippen molar-refractivity contribution in [3.05, 3.63) is 0 Å². The maximum absolute atomic E-state index is 5.69. The Hall–Kier alpha value is -0.120. The summed E-state index contributed by atoms with van der Waals surface area (Å²) in [7, 11) is 0. The average Bonchev–Trinajstić information content (AvgIpc) is 2.86. The quantitative estimate of drug-likeness (QED) is 0.671. The first-order chi connectivity index (χ1) is 8.30. The van der Waals surface area contributed by atoms with Crippen LogP contribution < -0.4 is 5.32 Å². The predicted octanol–water partition coefficient (Wildman–Crippen LogP) is 2.27. The Morgan fingerprint density at radius 2 is 2.06 bits per heavy atom. The lowest BCUT2D eigenvalue weighted by molar-refractivity contribution is 0.0749. The van der Waals surface area contributed by atoms with Crippen LogP contribution in [0.4, 0.5) is 0 Å². The van der Waals surface area contributed by atoms with Gasteiger partial charge in [-0.25, -0.2) is 0 Å². The first-order valence-corrected chi connectivity index (χ1v) is 7.37. The smallest absolute Gasteiger partial charge is 0.0702 e. The largest absolute Gasteiger partial charge is 0.377 e. The summed E-state index contributed by atoms with van der Waals surface area (Å²) >= 11 is 0. The molecule has 0 spiro atoms. The lowest BCUT2D eigenvalue weighted by Gasteiger charge is -2.25. The second-order valence-corrected chi connectivity index (χ2v) is 5.00. The second-order valence-electron chi connectivity index (χ2n) is 5.00. The first-order valence-electron chi connectivity index (χ1n) is 7.37. The zero-order valence-electron chi connectivity index (χ0n) is 11.9. The molecule has 1 aliphatic heterocycles. The first kappa shape index (κ1) is 14.9. The highest BCUT2D eigenvalue weighted by atomic mass is 16.5. The predicted molar refractivity (Wildman–Crippen MR) is 73.5 cm³/mol. The summed E-state index contributed by atoms with van der Waals surface area (Å²) in [4.78, 5) is 2.51. The van der Waals surface area contributed by atoms with Crippen LogP contribution in [0, 0.1) is 0 Å². The molecule has 1 saturated heterocycles. The Morgan fingerprint density at radius 1 is 1.29 bits per heavy atom. The van der Waals surface area contributed by atoms with E-state index in [9.17, 15) is 0 Å². The second kappa shape index (κ2) is 8.90. The lowest BCUT2D eigenvalue weighted by atomic mass is 10.2. The summed E-state index contributed by atoms with van der Waals surface area (Å²) in [6.45, 7) is 12.2. The van der Waals surface area contributed by atoms with Crippen LogP contribution in [-0.4, -0.2) is 49.8 Å². The summed E-state index contributed by atoms with van der Waals surface area (Å²) < 4.78 is 5.69. The Balaban J connectivity index is 2.13. The van der Waals surface area contributed by atoms with Crippen molar-refractivity contribution in [3.63, 3.8) is 0 Å². The van der Waals surface area contributed by atoms with Gasteiger partial charge in [0.25, 0.3) is 0 Å². The third kappa shape index (κ3) is 5.84. The fourth-order valence-corrected chi connectivity index (χ4v) is 2.46. The molecule has 1 heterocycles. The Morgan fingerprint density at radius 3 is 2.59 bits per heavy atom. The molecule has 1 unspecified atom stereocenters. The van der Waals surface area contributed by atoms with Gasteiger partial charge in [-0.1, -0.05) is 20.8 Å². The molecule has 1 fully saturated rings. The van der Waals surface area contributed by atoms with Gasteiger partial charge in [0.2, 0.25) is 0 Å². The molecular formula is C14H30N2O. The van der Waals surface area contributed by atoms with Crippen LogP contribution in [0.15, 0.2) is 0 Å². The van der Waals surface area contributed by atoms with Crippen LogP contribution in [-0.2, 0) is 4.74 Å². The third-order valence-corrected chi connectivity index (χ3v) is 3.78. The zero-order chi connectivity index (χ0) is 12.5. The van der Waals surface area contributed by atoms with E-state index in [1.54, 1.807) is 0 Å². The Kier molecular flexibility index (Phi) is 7.82. The summed E-state index contributed by atoms with van der Waals surface area (Å²) in [5.41, 5.74) is 0. The van der Waals surface area contributed by atoms with Crippen molar-refractivity contribution in [2.45, 2.75) is 58.6 Å². The molecule has 0 aliphatic carbocycles. The number of nitrogens with one attached hydrogen (secondary N) is 1. The number of likely N-dealkylation sites (N-methyl/N-ethyl adjacent to an activating group) is 1. The Bertz CT molecular complexity index is 177. The Labute approximate surface area is 107 Å². The van der Waals surface area contributed by atoms with Crippen LogP contribution in [0.2, 0.25) is 0 Å². The van der Waals surface area contributed by atoms with Gasteiger partial charge in [0.1, 0.15) is 0 Å². The van der Waals surface area contributed by atoms with Crippen molar-refractivity contribution in [2.75, 3.05) is 32.8 Å². The van der Waals surface area contributed by atoms with Crippen LogP contribution in [0.1, 0.15) is 46.5 Å². The fraction of sp³-hybridized carbons (Fsp3) is 1.00. The van der Waals surface area contributed by atoms with Crippen LogP contribution in [0.5, 0.6) is 0 Å². The molecule has 17 heavy (non-hydrogen) atoms. The number of hydrogen-bond donors (Lipinski definition) is 1. The highest BCUT2D eigenvalue weighted by Crippen LogP contribution is 2.12. The molecule has 0 amide bonds. The van der Waals surface area contributed by atoms with Crippen molar-refractivity contribution in [3.8, 4) is 0 Å². The zero-order valence-corrected chi connectivity index (χ0v) is 11.9. The van der Waals surface area contributed by atoms with E-state index in [1.165, 1.54) is 25.7 Å². The average molecular weight is 242 g/mol. The third-order valence-electron chi connectivity index (χ3n) is 3.78. The molecule has 1 N–H and O–H groups in total. The number of hydrogen-bond acceptors (Lipinski definition) is 3. The van der Waals surface area contributed by atoms with Gasteiger partial charge in [-0.2, -0.15) is 0 Å². The topological polar surface area (TPSA) is 24.5 Å². The minimum Gasteiger partial charge on any atom is -0.377 e. The van der Waals surface area contributed by atoms with E-state index >= 15 is 0 Å². The van der Waals surface area contributed by atoms with Crippen molar-refractivity contribution >= 4 is 0 Å². The van der Waals surface area contributed by atoms with Gasteiger partial charge in [0, 0.05) is 32.3 Å². The van der Waals surface area contributed by atoms with E-state index < -0.39 is 0 Å². The highest BCUT2D eigenvalue weighted by molar-refractivity contribution is 4.71. The van der Waals surface area contributed by atoms with Crippen molar-refractivity contribution in [2.24, 2.45) is 0 Å². The van der Waals surface area contributed by atoms with E-state index in [-0.39, 0.29) is 0 Å². The van der Waals surface area contributed by atoms with Crippen molar-refractivity contribution in [1.82, 2.24) is 10.2 Å². The molecular weight excluding hydrogens is 212 g/mol. The number of ether oxygens (including phenoxy) is 1. The lowest BCUT2D eigenvalue weighted by Crippen LogP contribution is -2.39. The van der Waals surface area contributed by atoms with Gasteiger partial charge in [-0.15, -0.1) is 0 Å². The molecule has 0 aromatic carbocycles. The van der Waals surface area contributed by atoms with E-state index in [0.29, 0.717) is 12.1 Å². The SMILES string of the molecule is CCC(CC)NCCN(CC)CC1CCCO1. The summed E-state index contributed by atoms with van der Waals surface area (Å²) in [5.74, 6) is 0. The van der Waals surface area contributed by atoms with Gasteiger partial charge >= 0.3 is 0 Å². The highest BCUT2D eigenvalue weighted by Gasteiger charge is 2.18. The molecule has 3 nitrogen and oxygen atoms in total. The van der Waals surface area contributed by atoms with Gasteiger partial charge in [-0.05, 0) is 32.2 Å². The number of nitrogens with zero attached hydrogens (tertiary/aromatic N) is 1. The van der Waals surface area contributed by atoms with Crippen molar-refractivity contribution < 1.29 is 4.74 Å². The summed E-state index contributed by atoms with van der Waals surface area (Å²) in [6, 6.07) is 0.691. The van der Waals surface area contributed by atoms with E-state index in [4.69, 9.17) is 4.74 Å². The summed E-state index contributed by atoms with van der Waals surface area (Å²) in [6.07, 6.45) is 5.44. The molecule has 102 valence electrons. The molecule has 3 heteroatoms. The van der Waals surface area contributed by atoms with Gasteiger partial charge in [-0.3, -0.25) is 4.90 Å². The van der Waals surface area contributed by atoms with Gasteiger partial charge in [0.05, 0.1) is 6.10 Å². The van der Waals surface area contributed by atoms with Crippen LogP contribution in [0.3, 0.4) is 0 Å². The molecule has 0 radical (unpaired) electrons. The molecule has 0 aromatic rings. The molecule has 1 rings (SSSR count). The van der Waals surface area contributed by atoms with Crippen molar-refractivity contribution in [1.29, 1.82) is 0 Å². The normalized spacial score (nSPS) is 20.6. The van der Waals surface area contributed by atoms with Gasteiger partial charge in [0.15, 0.2) is 0 Å². The maximum atomic E-state index is 5.69. The molecule has 1 atom stereocenters. The van der Waals surface area contributed by atoms with Crippen LogP contribution >= 0.6 is 0 Å². The minimum absolute atomic E-state index is 0.489. The van der Waals surface area contributed by atoms with E-state index in [0.717, 1.165) is 32.8 Å².